The van der Waals surface area contributed by atoms with Gasteiger partial charge in [0.15, 0.2) is 0 Å². The van der Waals surface area contributed by atoms with Crippen molar-refractivity contribution in [3.8, 4) is 0 Å². The molecule has 0 aliphatic heterocycles. The molecule has 1 aromatic rings. The molecule has 92 valence electrons. The number of hydrogen-bond donors (Lipinski definition) is 2. The fourth-order valence-electron chi connectivity index (χ4n) is 1.23. The van der Waals surface area contributed by atoms with Gasteiger partial charge in [-0.25, -0.2) is 0 Å². The highest BCUT2D eigenvalue weighted by atomic mass is 35.5. The summed E-state index contributed by atoms with van der Waals surface area (Å²) in [6.07, 6.45) is 2.10. The summed E-state index contributed by atoms with van der Waals surface area (Å²) in [5.41, 5.74) is 6.50. The van der Waals surface area contributed by atoms with Gasteiger partial charge in [0.1, 0.15) is 0 Å². The Morgan fingerprint density at radius 1 is 1.59 bits per heavy atom. The van der Waals surface area contributed by atoms with E-state index in [1.165, 1.54) is 6.26 Å². The molecule has 17 heavy (non-hydrogen) atoms. The molecule has 1 rings (SSSR count). The topological polar surface area (TPSA) is 64.3 Å². The van der Waals surface area contributed by atoms with Gasteiger partial charge >= 0.3 is 0 Å². The number of ether oxygens (including phenoxy) is 1. The molecular formula is C12H15ClN2O2. The lowest BCUT2D eigenvalue weighted by Gasteiger charge is -2.06. The van der Waals surface area contributed by atoms with Crippen LogP contribution in [-0.4, -0.2) is 19.1 Å². The molecule has 3 N–H and O–H groups in total. The minimum Gasteiger partial charge on any atom is -0.502 e. The smallest absolute Gasteiger partial charge is 0.251 e. The summed E-state index contributed by atoms with van der Waals surface area (Å²) in [5, 5.41) is 3.20. The number of nitrogens with two attached hydrogens (primary N) is 1. The number of nitrogens with one attached hydrogen (secondary N) is 1. The van der Waals surface area contributed by atoms with E-state index in [4.69, 9.17) is 22.1 Å². The Morgan fingerprint density at radius 2 is 2.35 bits per heavy atom. The molecule has 0 aliphatic carbocycles. The molecule has 1 aromatic carbocycles. The van der Waals surface area contributed by atoms with Crippen LogP contribution in [-0.2, 0) is 4.74 Å². The zero-order valence-electron chi connectivity index (χ0n) is 9.41. The van der Waals surface area contributed by atoms with Crippen LogP contribution in [0, 0.1) is 0 Å². The first-order valence-electron chi connectivity index (χ1n) is 5.21. The molecule has 0 heterocycles. The lowest BCUT2D eigenvalue weighted by atomic mass is 10.2. The maximum absolute atomic E-state index is 11.7. The maximum Gasteiger partial charge on any atom is 0.251 e. The molecule has 1 amide bonds. The van der Waals surface area contributed by atoms with Crippen LogP contribution in [0.2, 0.25) is 5.02 Å². The number of anilines is 1. The molecule has 0 aliphatic rings. The normalized spacial score (nSPS) is 9.71. The van der Waals surface area contributed by atoms with E-state index in [1.54, 1.807) is 18.2 Å². The average Bonchev–Trinajstić information content (AvgIpc) is 2.32. The van der Waals surface area contributed by atoms with Gasteiger partial charge in [-0.1, -0.05) is 18.2 Å². The Morgan fingerprint density at radius 3 is 3.00 bits per heavy atom. The van der Waals surface area contributed by atoms with Gasteiger partial charge in [-0.05, 0) is 24.6 Å². The van der Waals surface area contributed by atoms with Gasteiger partial charge in [0, 0.05) is 12.1 Å². The van der Waals surface area contributed by atoms with E-state index in [9.17, 15) is 4.79 Å². The number of hydrogen-bond acceptors (Lipinski definition) is 3. The summed E-state index contributed by atoms with van der Waals surface area (Å²) in [7, 11) is 0. The van der Waals surface area contributed by atoms with Gasteiger partial charge in [-0.3, -0.25) is 4.79 Å². The highest BCUT2D eigenvalue weighted by molar-refractivity contribution is 6.33. The lowest BCUT2D eigenvalue weighted by Crippen LogP contribution is -2.25. The second-order valence-electron chi connectivity index (χ2n) is 3.38. The van der Waals surface area contributed by atoms with Gasteiger partial charge in [0.25, 0.3) is 5.91 Å². The number of benzene rings is 1. The first kappa shape index (κ1) is 13.4. The monoisotopic (exact) mass is 254 g/mol. The molecule has 4 nitrogen and oxygen atoms in total. The SMILES string of the molecule is C=COCCCNC(=O)c1ccc(Cl)c(N)c1. The van der Waals surface area contributed by atoms with Crippen molar-refractivity contribution in [3.05, 3.63) is 41.6 Å². The van der Waals surface area contributed by atoms with E-state index in [1.807, 2.05) is 0 Å². The maximum atomic E-state index is 11.7. The third-order valence-electron chi connectivity index (χ3n) is 2.10. The molecule has 0 saturated carbocycles. The summed E-state index contributed by atoms with van der Waals surface area (Å²) < 4.78 is 4.93. The van der Waals surface area contributed by atoms with Crippen LogP contribution in [0.4, 0.5) is 5.69 Å². The third-order valence-corrected chi connectivity index (χ3v) is 2.44. The van der Waals surface area contributed by atoms with E-state index in [0.717, 1.165) is 6.42 Å². The quantitative estimate of drug-likeness (QED) is 0.465. The van der Waals surface area contributed by atoms with Gasteiger partial charge in [-0.15, -0.1) is 0 Å². The van der Waals surface area contributed by atoms with Crippen molar-refractivity contribution >= 4 is 23.2 Å². The van der Waals surface area contributed by atoms with Crippen molar-refractivity contribution in [2.45, 2.75) is 6.42 Å². The Balaban J connectivity index is 2.41. The average molecular weight is 255 g/mol. The molecular weight excluding hydrogens is 240 g/mol. The molecule has 0 fully saturated rings. The number of nitrogen functional groups attached to an aromatic ring is 1. The summed E-state index contributed by atoms with van der Waals surface area (Å²) in [4.78, 5) is 11.7. The summed E-state index contributed by atoms with van der Waals surface area (Å²) in [5.74, 6) is -0.174. The van der Waals surface area contributed by atoms with Crippen LogP contribution in [0.1, 0.15) is 16.8 Å². The van der Waals surface area contributed by atoms with Crippen LogP contribution >= 0.6 is 11.6 Å². The molecule has 0 atom stereocenters. The third kappa shape index (κ3) is 4.36. The number of carbonyl (C=O) groups excluding carboxylic acids is 1. The summed E-state index contributed by atoms with van der Waals surface area (Å²) in [6.45, 7) is 4.49. The molecule has 0 saturated heterocycles. The van der Waals surface area contributed by atoms with Crippen LogP contribution in [0.3, 0.4) is 0 Å². The van der Waals surface area contributed by atoms with Crippen molar-refractivity contribution in [3.63, 3.8) is 0 Å². The molecule has 0 unspecified atom stereocenters. The number of carbonyl (C=O) groups is 1. The second kappa shape index (κ2) is 6.81. The molecule has 0 bridgehead atoms. The van der Waals surface area contributed by atoms with Crippen LogP contribution in [0.5, 0.6) is 0 Å². The highest BCUT2D eigenvalue weighted by Gasteiger charge is 2.06. The highest BCUT2D eigenvalue weighted by Crippen LogP contribution is 2.19. The van der Waals surface area contributed by atoms with Crippen LogP contribution in [0.15, 0.2) is 31.0 Å². The van der Waals surface area contributed by atoms with Crippen molar-refractivity contribution in [1.82, 2.24) is 5.32 Å². The summed E-state index contributed by atoms with van der Waals surface area (Å²) >= 11 is 5.76. The minimum atomic E-state index is -0.174. The number of halogens is 1. The first-order valence-corrected chi connectivity index (χ1v) is 5.58. The fraction of sp³-hybridized carbons (Fsp3) is 0.250. The fourth-order valence-corrected chi connectivity index (χ4v) is 1.35. The second-order valence-corrected chi connectivity index (χ2v) is 3.79. The van der Waals surface area contributed by atoms with Gasteiger partial charge in [0.2, 0.25) is 0 Å². The zero-order chi connectivity index (χ0) is 12.7. The molecule has 0 aromatic heterocycles. The Kier molecular flexibility index (Phi) is 5.36. The molecule has 0 radical (unpaired) electrons. The zero-order valence-corrected chi connectivity index (χ0v) is 10.2. The van der Waals surface area contributed by atoms with Crippen LogP contribution in [0.25, 0.3) is 0 Å². The largest absolute Gasteiger partial charge is 0.502 e. The van der Waals surface area contributed by atoms with Crippen molar-refractivity contribution in [1.29, 1.82) is 0 Å². The van der Waals surface area contributed by atoms with E-state index >= 15 is 0 Å². The summed E-state index contributed by atoms with van der Waals surface area (Å²) in [6, 6.07) is 4.79. The first-order chi connectivity index (χ1) is 8.15. The number of amides is 1. The predicted molar refractivity (Wildman–Crippen MR) is 69.0 cm³/mol. The van der Waals surface area contributed by atoms with E-state index in [-0.39, 0.29) is 5.91 Å². The van der Waals surface area contributed by atoms with Crippen molar-refractivity contribution in [2.24, 2.45) is 0 Å². The molecule has 5 heteroatoms. The van der Waals surface area contributed by atoms with Crippen molar-refractivity contribution in [2.75, 3.05) is 18.9 Å². The standard InChI is InChI=1S/C12H15ClN2O2/c1-2-17-7-3-6-15-12(16)9-4-5-10(13)11(14)8-9/h2,4-5,8H,1,3,6-7,14H2,(H,15,16). The van der Waals surface area contributed by atoms with Crippen LogP contribution < -0.4 is 11.1 Å². The molecule has 0 spiro atoms. The van der Waals surface area contributed by atoms with Gasteiger partial charge in [0.05, 0.1) is 23.6 Å². The minimum absolute atomic E-state index is 0.174. The number of rotatable bonds is 6. The van der Waals surface area contributed by atoms with E-state index in [2.05, 4.69) is 11.9 Å². The Hall–Kier alpha value is -1.68. The van der Waals surface area contributed by atoms with Gasteiger partial charge < -0.3 is 15.8 Å². The Bertz CT molecular complexity index is 407. The lowest BCUT2D eigenvalue weighted by molar-refractivity contribution is 0.0950. The van der Waals surface area contributed by atoms with Crippen molar-refractivity contribution < 1.29 is 9.53 Å². The van der Waals surface area contributed by atoms with E-state index < -0.39 is 0 Å². The van der Waals surface area contributed by atoms with Gasteiger partial charge in [-0.2, -0.15) is 0 Å². The predicted octanol–water partition coefficient (Wildman–Crippen LogP) is 2.20. The Labute approximate surface area is 105 Å². The van der Waals surface area contributed by atoms with E-state index in [0.29, 0.717) is 29.4 Å².